The van der Waals surface area contributed by atoms with Crippen molar-refractivity contribution >= 4 is 22.2 Å². The maximum absolute atomic E-state index is 12.7. The van der Waals surface area contributed by atoms with Gasteiger partial charge in [-0.25, -0.2) is 9.99 Å². The van der Waals surface area contributed by atoms with Crippen LogP contribution in [0.3, 0.4) is 0 Å². The van der Waals surface area contributed by atoms with Crippen molar-refractivity contribution in [2.24, 2.45) is 0 Å². The molecule has 0 spiro atoms. The molecule has 0 bridgehead atoms. The summed E-state index contributed by atoms with van der Waals surface area (Å²) in [4.78, 5) is 20.4. The van der Waals surface area contributed by atoms with Crippen molar-refractivity contribution in [3.05, 3.63) is 41.5 Å². The minimum Gasteiger partial charge on any atom is -0.497 e. The Kier molecular flexibility index (Phi) is 4.62. The molecule has 26 heavy (non-hydrogen) atoms. The zero-order valence-corrected chi connectivity index (χ0v) is 15.6. The summed E-state index contributed by atoms with van der Waals surface area (Å²) in [5.41, 5.74) is 5.45. The van der Waals surface area contributed by atoms with Gasteiger partial charge in [0.05, 0.1) is 12.8 Å². The van der Waals surface area contributed by atoms with Crippen molar-refractivity contribution in [3.63, 3.8) is 0 Å². The van der Waals surface area contributed by atoms with Gasteiger partial charge >= 0.3 is 0 Å². The predicted octanol–water partition coefficient (Wildman–Crippen LogP) is 1.96. The first-order valence-corrected chi connectivity index (χ1v) is 9.37. The zero-order chi connectivity index (χ0) is 18.1. The molecule has 8 heteroatoms. The van der Waals surface area contributed by atoms with Gasteiger partial charge in [0.2, 0.25) is 0 Å². The van der Waals surface area contributed by atoms with E-state index >= 15 is 0 Å². The Balaban J connectivity index is 1.54. The number of ether oxygens (including phenoxy) is 1. The van der Waals surface area contributed by atoms with E-state index in [1.807, 2.05) is 45.3 Å². The van der Waals surface area contributed by atoms with Gasteiger partial charge < -0.3 is 9.64 Å². The van der Waals surface area contributed by atoms with Gasteiger partial charge in [-0.2, -0.15) is 0 Å². The number of nitrogens with one attached hydrogen (secondary N) is 1. The second-order valence-corrected chi connectivity index (χ2v) is 7.20. The first-order valence-electron chi connectivity index (χ1n) is 8.49. The van der Waals surface area contributed by atoms with Gasteiger partial charge in [0.15, 0.2) is 4.96 Å². The normalized spacial score (nSPS) is 16.1. The molecule has 4 rings (SSSR count). The molecule has 3 heterocycles. The number of carbonyl (C=O) groups excluding carboxylic acids is 1. The Hall–Kier alpha value is -2.42. The lowest BCUT2D eigenvalue weighted by Gasteiger charge is -2.32. The third kappa shape index (κ3) is 3.31. The topological polar surface area (TPSA) is 62.1 Å². The highest BCUT2D eigenvalue weighted by molar-refractivity contribution is 7.15. The van der Waals surface area contributed by atoms with Crippen LogP contribution in [0.1, 0.15) is 10.5 Å². The number of hydrazine groups is 1. The molecule has 0 atom stereocenters. The summed E-state index contributed by atoms with van der Waals surface area (Å²) >= 11 is 1.47. The third-order valence-electron chi connectivity index (χ3n) is 4.59. The molecule has 3 aromatic rings. The van der Waals surface area contributed by atoms with E-state index in [2.05, 4.69) is 22.4 Å². The summed E-state index contributed by atoms with van der Waals surface area (Å²) in [6.07, 6.45) is 1.91. The highest BCUT2D eigenvalue weighted by atomic mass is 32.1. The summed E-state index contributed by atoms with van der Waals surface area (Å²) in [5, 5.41) is 3.83. The first-order chi connectivity index (χ1) is 12.6. The minimum absolute atomic E-state index is 0.0977. The maximum Gasteiger partial charge on any atom is 0.283 e. The van der Waals surface area contributed by atoms with Gasteiger partial charge in [0, 0.05) is 43.3 Å². The Morgan fingerprint density at radius 1 is 1.19 bits per heavy atom. The molecule has 7 nitrogen and oxygen atoms in total. The van der Waals surface area contributed by atoms with E-state index in [9.17, 15) is 4.79 Å². The average Bonchev–Trinajstić information content (AvgIpc) is 3.24. The van der Waals surface area contributed by atoms with Crippen LogP contribution in [0.15, 0.2) is 35.8 Å². The second kappa shape index (κ2) is 7.06. The number of amides is 1. The van der Waals surface area contributed by atoms with E-state index < -0.39 is 0 Å². The molecule has 1 aromatic carbocycles. The van der Waals surface area contributed by atoms with E-state index in [4.69, 9.17) is 4.74 Å². The van der Waals surface area contributed by atoms with E-state index in [-0.39, 0.29) is 5.91 Å². The number of imidazole rings is 1. The van der Waals surface area contributed by atoms with Crippen LogP contribution in [0.2, 0.25) is 0 Å². The van der Waals surface area contributed by atoms with Gasteiger partial charge in [-0.1, -0.05) is 0 Å². The van der Waals surface area contributed by atoms with Crippen molar-refractivity contribution in [2.75, 3.05) is 40.3 Å². The number of aromatic nitrogens is 2. The number of hydrogen-bond acceptors (Lipinski definition) is 6. The largest absolute Gasteiger partial charge is 0.497 e. The quantitative estimate of drug-likeness (QED) is 0.760. The monoisotopic (exact) mass is 371 g/mol. The lowest BCUT2D eigenvalue weighted by molar-refractivity contribution is 0.0657. The number of methoxy groups -OCH3 is 1. The van der Waals surface area contributed by atoms with Gasteiger partial charge in [-0.3, -0.25) is 14.6 Å². The number of carbonyl (C=O) groups is 1. The molecular weight excluding hydrogens is 350 g/mol. The van der Waals surface area contributed by atoms with Crippen LogP contribution in [-0.4, -0.2) is 65.5 Å². The summed E-state index contributed by atoms with van der Waals surface area (Å²) in [6.45, 7) is 3.56. The highest BCUT2D eigenvalue weighted by Crippen LogP contribution is 2.25. The minimum atomic E-state index is -0.0977. The standard InChI is InChI=1S/C18H21N5O2S/c1-21-7-9-22(10-8-21)20-17(24)16-12-26-18-19-15(11-23(16)18)13-3-5-14(25-2)6-4-13/h3-6,11-12H,7-10H2,1-2H3,(H,20,24). The van der Waals surface area contributed by atoms with Crippen molar-refractivity contribution in [2.45, 2.75) is 0 Å². The second-order valence-electron chi connectivity index (χ2n) is 6.36. The SMILES string of the molecule is COc1ccc(-c2cn3c(C(=O)NN4CCN(C)CC4)csc3n2)cc1. The molecule has 0 radical (unpaired) electrons. The first kappa shape index (κ1) is 17.0. The number of rotatable bonds is 4. The molecule has 1 N–H and O–H groups in total. The van der Waals surface area contributed by atoms with Crippen LogP contribution in [-0.2, 0) is 0 Å². The van der Waals surface area contributed by atoms with Crippen LogP contribution in [0, 0.1) is 0 Å². The highest BCUT2D eigenvalue weighted by Gasteiger charge is 2.20. The van der Waals surface area contributed by atoms with Crippen LogP contribution in [0.25, 0.3) is 16.2 Å². The van der Waals surface area contributed by atoms with Crippen LogP contribution in [0.5, 0.6) is 5.75 Å². The molecule has 2 aromatic heterocycles. The predicted molar refractivity (Wildman–Crippen MR) is 102 cm³/mol. The van der Waals surface area contributed by atoms with E-state index in [1.54, 1.807) is 7.11 Å². The number of piperazine rings is 1. The van der Waals surface area contributed by atoms with Crippen molar-refractivity contribution < 1.29 is 9.53 Å². The molecule has 1 aliphatic heterocycles. The molecule has 136 valence electrons. The lowest BCUT2D eigenvalue weighted by Crippen LogP contribution is -2.52. The smallest absolute Gasteiger partial charge is 0.283 e. The Bertz CT molecular complexity index is 909. The number of benzene rings is 1. The summed E-state index contributed by atoms with van der Waals surface area (Å²) in [7, 11) is 3.74. The van der Waals surface area contributed by atoms with Crippen LogP contribution < -0.4 is 10.2 Å². The third-order valence-corrected chi connectivity index (χ3v) is 5.43. The molecular formula is C18H21N5O2S. The summed E-state index contributed by atoms with van der Waals surface area (Å²) in [6, 6.07) is 7.75. The van der Waals surface area contributed by atoms with Crippen molar-refractivity contribution in [3.8, 4) is 17.0 Å². The molecule has 1 amide bonds. The van der Waals surface area contributed by atoms with Crippen LogP contribution >= 0.6 is 11.3 Å². The molecule has 0 saturated carbocycles. The Morgan fingerprint density at radius 2 is 1.92 bits per heavy atom. The van der Waals surface area contributed by atoms with E-state index in [0.29, 0.717) is 5.69 Å². The average molecular weight is 371 g/mol. The fourth-order valence-corrected chi connectivity index (χ4v) is 3.82. The summed E-state index contributed by atoms with van der Waals surface area (Å²) < 4.78 is 7.05. The van der Waals surface area contributed by atoms with Gasteiger partial charge in [0.25, 0.3) is 5.91 Å². The van der Waals surface area contributed by atoms with E-state index in [0.717, 1.165) is 48.1 Å². The van der Waals surface area contributed by atoms with E-state index in [1.165, 1.54) is 11.3 Å². The Morgan fingerprint density at radius 3 is 2.62 bits per heavy atom. The van der Waals surface area contributed by atoms with Crippen molar-refractivity contribution in [1.82, 2.24) is 24.7 Å². The van der Waals surface area contributed by atoms with Crippen molar-refractivity contribution in [1.29, 1.82) is 0 Å². The molecule has 1 saturated heterocycles. The number of hydrogen-bond donors (Lipinski definition) is 1. The number of fused-ring (bicyclic) bond motifs is 1. The molecule has 1 fully saturated rings. The molecule has 1 aliphatic rings. The number of nitrogens with zero attached hydrogens (tertiary/aromatic N) is 4. The number of thiazole rings is 1. The number of likely N-dealkylation sites (N-methyl/N-ethyl adjacent to an activating group) is 1. The molecule has 0 aliphatic carbocycles. The fourth-order valence-electron chi connectivity index (χ4n) is 2.97. The fraction of sp³-hybridized carbons (Fsp3) is 0.333. The van der Waals surface area contributed by atoms with Gasteiger partial charge in [-0.05, 0) is 31.3 Å². The lowest BCUT2D eigenvalue weighted by atomic mass is 10.2. The van der Waals surface area contributed by atoms with Crippen LogP contribution in [0.4, 0.5) is 0 Å². The van der Waals surface area contributed by atoms with Gasteiger partial charge in [-0.15, -0.1) is 11.3 Å². The maximum atomic E-state index is 12.7. The Labute approximate surface area is 155 Å². The summed E-state index contributed by atoms with van der Waals surface area (Å²) in [5.74, 6) is 0.710. The molecule has 0 unspecified atom stereocenters. The zero-order valence-electron chi connectivity index (χ0n) is 14.8. The van der Waals surface area contributed by atoms with Gasteiger partial charge in [0.1, 0.15) is 11.4 Å².